The maximum absolute atomic E-state index is 13.5. The van der Waals surface area contributed by atoms with E-state index in [-0.39, 0.29) is 24.1 Å². The van der Waals surface area contributed by atoms with Crippen molar-refractivity contribution in [3.63, 3.8) is 0 Å². The summed E-state index contributed by atoms with van der Waals surface area (Å²) in [5.41, 5.74) is 2.56. The Balaban J connectivity index is 1.42. The number of ether oxygens (including phenoxy) is 2. The van der Waals surface area contributed by atoms with Crippen molar-refractivity contribution in [2.24, 2.45) is 0 Å². The van der Waals surface area contributed by atoms with Crippen molar-refractivity contribution in [1.82, 2.24) is 19.4 Å². The molecule has 5 rings (SSSR count). The zero-order valence-electron chi connectivity index (χ0n) is 25.2. The van der Waals surface area contributed by atoms with Crippen LogP contribution in [0.15, 0.2) is 95.0 Å². The van der Waals surface area contributed by atoms with E-state index in [0.29, 0.717) is 61.1 Å². The predicted molar refractivity (Wildman–Crippen MR) is 167 cm³/mol. The zero-order valence-corrected chi connectivity index (χ0v) is 26.0. The average molecular weight is 619 g/mol. The number of urea groups is 1. The maximum atomic E-state index is 13.5. The van der Waals surface area contributed by atoms with Crippen LogP contribution >= 0.6 is 0 Å². The van der Waals surface area contributed by atoms with Crippen molar-refractivity contribution in [1.29, 1.82) is 0 Å². The molecule has 0 aromatic heterocycles. The number of carbonyl (C=O) groups is 2. The monoisotopic (exact) mass is 618 g/mol. The molecule has 1 fully saturated rings. The van der Waals surface area contributed by atoms with Crippen LogP contribution in [0.4, 0.5) is 4.79 Å². The molecular formula is C33H38N4O6S. The molecule has 0 spiro atoms. The lowest BCUT2D eigenvalue weighted by Crippen LogP contribution is -2.53. The van der Waals surface area contributed by atoms with Crippen molar-refractivity contribution in [2.45, 2.75) is 31.7 Å². The largest absolute Gasteiger partial charge is 0.463 e. The number of carbonyl (C=O) groups excluding carboxylic acids is 2. The summed E-state index contributed by atoms with van der Waals surface area (Å²) in [6.07, 6.45) is 0. The lowest BCUT2D eigenvalue weighted by Gasteiger charge is -2.40. The topological polar surface area (TPSA) is 108 Å². The Hall–Kier alpha value is -4.19. The van der Waals surface area contributed by atoms with Crippen LogP contribution in [0.5, 0.6) is 11.5 Å². The molecule has 10 nitrogen and oxygen atoms in total. The highest BCUT2D eigenvalue weighted by atomic mass is 32.2. The van der Waals surface area contributed by atoms with Gasteiger partial charge in [-0.2, -0.15) is 4.31 Å². The van der Waals surface area contributed by atoms with Gasteiger partial charge in [0.1, 0.15) is 11.5 Å². The van der Waals surface area contributed by atoms with Gasteiger partial charge in [0.25, 0.3) is 0 Å². The van der Waals surface area contributed by atoms with Gasteiger partial charge in [0.15, 0.2) is 0 Å². The molecule has 0 bridgehead atoms. The SMILES string of the molecule is CCOC(=O)C1=C(CN2CCN(S(=O)(=O)c3ccc(C)cc3)CC2)N(CC)C(=O)NC1c1cccc(Oc2ccccc2)c1. The van der Waals surface area contributed by atoms with Crippen molar-refractivity contribution in [3.05, 3.63) is 101 Å². The highest BCUT2D eigenvalue weighted by Gasteiger charge is 2.39. The third-order valence-electron chi connectivity index (χ3n) is 7.78. The van der Waals surface area contributed by atoms with Crippen molar-refractivity contribution < 1.29 is 27.5 Å². The minimum Gasteiger partial charge on any atom is -0.463 e. The summed E-state index contributed by atoms with van der Waals surface area (Å²) in [5, 5.41) is 3.00. The number of rotatable bonds is 10. The molecule has 2 amide bonds. The minimum atomic E-state index is -3.63. The Bertz CT molecular complexity index is 1620. The van der Waals surface area contributed by atoms with Gasteiger partial charge < -0.3 is 14.8 Å². The first-order valence-electron chi connectivity index (χ1n) is 14.8. The molecule has 1 atom stereocenters. The molecule has 11 heteroatoms. The van der Waals surface area contributed by atoms with Gasteiger partial charge in [-0.05, 0) is 62.7 Å². The first-order chi connectivity index (χ1) is 21.2. The van der Waals surface area contributed by atoms with E-state index in [1.807, 2.05) is 68.4 Å². The number of piperazine rings is 1. The second kappa shape index (κ2) is 13.6. The third kappa shape index (κ3) is 6.80. The van der Waals surface area contributed by atoms with Crippen LogP contribution in [0.1, 0.15) is 31.0 Å². The fourth-order valence-electron chi connectivity index (χ4n) is 5.49. The van der Waals surface area contributed by atoms with Gasteiger partial charge in [-0.25, -0.2) is 18.0 Å². The van der Waals surface area contributed by atoms with E-state index in [1.165, 1.54) is 4.31 Å². The number of para-hydroxylation sites is 1. The van der Waals surface area contributed by atoms with E-state index >= 15 is 0 Å². The molecule has 232 valence electrons. The Kier molecular flexibility index (Phi) is 9.68. The van der Waals surface area contributed by atoms with Gasteiger partial charge in [0.2, 0.25) is 10.0 Å². The van der Waals surface area contributed by atoms with Gasteiger partial charge in [0.05, 0.1) is 23.1 Å². The number of benzene rings is 3. The number of hydrogen-bond acceptors (Lipinski definition) is 7. The van der Waals surface area contributed by atoms with E-state index in [9.17, 15) is 18.0 Å². The molecule has 3 aromatic rings. The lowest BCUT2D eigenvalue weighted by atomic mass is 9.94. The second-order valence-electron chi connectivity index (χ2n) is 10.7. The number of sulfonamides is 1. The Labute approximate surface area is 258 Å². The van der Waals surface area contributed by atoms with E-state index in [2.05, 4.69) is 10.2 Å². The minimum absolute atomic E-state index is 0.176. The summed E-state index contributed by atoms with van der Waals surface area (Å²) in [5.74, 6) is 0.720. The predicted octanol–water partition coefficient (Wildman–Crippen LogP) is 4.70. The molecule has 1 saturated heterocycles. The summed E-state index contributed by atoms with van der Waals surface area (Å²) in [6, 6.07) is 22.4. The molecule has 2 heterocycles. The smallest absolute Gasteiger partial charge is 0.338 e. The van der Waals surface area contributed by atoms with Crippen LogP contribution in [0.3, 0.4) is 0 Å². The molecule has 0 radical (unpaired) electrons. The summed E-state index contributed by atoms with van der Waals surface area (Å²) in [4.78, 5) is 30.9. The van der Waals surface area contributed by atoms with Gasteiger partial charge in [0, 0.05) is 45.0 Å². The lowest BCUT2D eigenvalue weighted by molar-refractivity contribution is -0.139. The number of likely N-dealkylation sites (N-methyl/N-ethyl adjacent to an activating group) is 1. The summed E-state index contributed by atoms with van der Waals surface area (Å²) < 4.78 is 39.5. The van der Waals surface area contributed by atoms with Crippen LogP contribution < -0.4 is 10.1 Å². The molecule has 2 aliphatic heterocycles. The van der Waals surface area contributed by atoms with E-state index in [1.54, 1.807) is 36.1 Å². The first-order valence-corrected chi connectivity index (χ1v) is 16.3. The molecule has 1 N–H and O–H groups in total. The fourth-order valence-corrected chi connectivity index (χ4v) is 6.91. The standard InChI is InChI=1S/C33H38N4O6S/c1-4-37-29(23-35-18-20-36(21-19-35)44(40,41)28-16-14-24(3)15-17-28)30(32(38)42-5-2)31(34-33(37)39)25-10-9-13-27(22-25)43-26-11-7-6-8-12-26/h6-17,22,31H,4-5,18-21,23H2,1-3H3,(H,34,39). The third-order valence-corrected chi connectivity index (χ3v) is 9.70. The number of nitrogens with one attached hydrogen (secondary N) is 1. The van der Waals surface area contributed by atoms with Crippen LogP contribution in [0.2, 0.25) is 0 Å². The highest BCUT2D eigenvalue weighted by Crippen LogP contribution is 2.34. The normalized spacial score (nSPS) is 18.2. The van der Waals surface area contributed by atoms with Crippen molar-refractivity contribution in [2.75, 3.05) is 45.9 Å². The number of aryl methyl sites for hydroxylation is 1. The van der Waals surface area contributed by atoms with Crippen molar-refractivity contribution in [3.8, 4) is 11.5 Å². The summed E-state index contributed by atoms with van der Waals surface area (Å²) in [6.45, 7) is 7.77. The zero-order chi connectivity index (χ0) is 31.3. The maximum Gasteiger partial charge on any atom is 0.338 e. The number of esters is 1. The number of amides is 2. The number of hydrogen-bond donors (Lipinski definition) is 1. The van der Waals surface area contributed by atoms with Gasteiger partial charge >= 0.3 is 12.0 Å². The average Bonchev–Trinajstić information content (AvgIpc) is 3.02. The molecule has 3 aromatic carbocycles. The van der Waals surface area contributed by atoms with E-state index in [0.717, 1.165) is 5.56 Å². The van der Waals surface area contributed by atoms with Crippen LogP contribution in [-0.4, -0.2) is 80.4 Å². The van der Waals surface area contributed by atoms with Gasteiger partial charge in [-0.3, -0.25) is 9.80 Å². The first kappa shape index (κ1) is 31.2. The molecule has 1 unspecified atom stereocenters. The fraction of sp³-hybridized carbons (Fsp3) is 0.333. The number of nitrogens with zero attached hydrogens (tertiary/aromatic N) is 3. The second-order valence-corrected chi connectivity index (χ2v) is 12.6. The molecule has 2 aliphatic rings. The molecule has 44 heavy (non-hydrogen) atoms. The summed E-state index contributed by atoms with van der Waals surface area (Å²) in [7, 11) is -3.63. The quantitative estimate of drug-likeness (QED) is 0.328. The Morgan fingerprint density at radius 1 is 0.909 bits per heavy atom. The molecule has 0 saturated carbocycles. The van der Waals surface area contributed by atoms with Gasteiger partial charge in [-0.1, -0.05) is 48.0 Å². The van der Waals surface area contributed by atoms with Crippen LogP contribution in [0.25, 0.3) is 0 Å². The Morgan fingerprint density at radius 2 is 1.59 bits per heavy atom. The Morgan fingerprint density at radius 3 is 2.25 bits per heavy atom. The highest BCUT2D eigenvalue weighted by molar-refractivity contribution is 7.89. The van der Waals surface area contributed by atoms with Crippen molar-refractivity contribution >= 4 is 22.0 Å². The van der Waals surface area contributed by atoms with Gasteiger partial charge in [-0.15, -0.1) is 0 Å². The van der Waals surface area contributed by atoms with Crippen LogP contribution in [-0.2, 0) is 19.6 Å². The molecular weight excluding hydrogens is 580 g/mol. The van der Waals surface area contributed by atoms with E-state index < -0.39 is 22.0 Å². The summed E-state index contributed by atoms with van der Waals surface area (Å²) >= 11 is 0. The van der Waals surface area contributed by atoms with E-state index in [4.69, 9.17) is 9.47 Å². The molecule has 0 aliphatic carbocycles. The van der Waals surface area contributed by atoms with Crippen LogP contribution in [0, 0.1) is 6.92 Å².